The zero-order valence-corrected chi connectivity index (χ0v) is 15.0. The molecule has 24 heavy (non-hydrogen) atoms. The van der Waals surface area contributed by atoms with Crippen LogP contribution in [0.1, 0.15) is 54.0 Å². The minimum absolute atomic E-state index is 0. The second-order valence-electron chi connectivity index (χ2n) is 6.91. The number of rotatable bonds is 1. The highest BCUT2D eigenvalue weighted by Gasteiger charge is 2.20. The van der Waals surface area contributed by atoms with Gasteiger partial charge < -0.3 is 5.48 Å². The van der Waals surface area contributed by atoms with Crippen molar-refractivity contribution in [3.63, 3.8) is 0 Å². The SMILES string of the molecule is CCC1CCCc2ccc3c(c2C1)C=CC3.Cc1ccccc1.O. The predicted octanol–water partition coefficient (Wildman–Crippen LogP) is 5.33. The Morgan fingerprint density at radius 3 is 2.42 bits per heavy atom. The van der Waals surface area contributed by atoms with E-state index in [-0.39, 0.29) is 5.48 Å². The average Bonchev–Trinajstić information content (AvgIpc) is 2.95. The summed E-state index contributed by atoms with van der Waals surface area (Å²) in [5.41, 5.74) is 7.74. The van der Waals surface area contributed by atoms with E-state index in [1.165, 1.54) is 37.7 Å². The van der Waals surface area contributed by atoms with E-state index in [1.807, 2.05) is 18.2 Å². The van der Waals surface area contributed by atoms with Gasteiger partial charge in [0.15, 0.2) is 0 Å². The number of benzene rings is 2. The molecule has 128 valence electrons. The Balaban J connectivity index is 0.000000222. The fourth-order valence-corrected chi connectivity index (χ4v) is 3.78. The lowest BCUT2D eigenvalue weighted by Gasteiger charge is -2.15. The van der Waals surface area contributed by atoms with Crippen LogP contribution in [0.4, 0.5) is 0 Å². The van der Waals surface area contributed by atoms with Crippen molar-refractivity contribution in [1.82, 2.24) is 0 Å². The summed E-state index contributed by atoms with van der Waals surface area (Å²) in [4.78, 5) is 0. The van der Waals surface area contributed by atoms with E-state index in [0.717, 1.165) is 12.3 Å². The van der Waals surface area contributed by atoms with E-state index in [2.05, 4.69) is 50.3 Å². The summed E-state index contributed by atoms with van der Waals surface area (Å²) in [6, 6.07) is 15.0. The van der Waals surface area contributed by atoms with Gasteiger partial charge in [0.25, 0.3) is 0 Å². The Hall–Kier alpha value is -1.86. The lowest BCUT2D eigenvalue weighted by molar-refractivity contribution is 0.466. The summed E-state index contributed by atoms with van der Waals surface area (Å²) in [5, 5.41) is 0. The topological polar surface area (TPSA) is 31.5 Å². The first-order valence-electron chi connectivity index (χ1n) is 9.09. The first kappa shape index (κ1) is 18.5. The van der Waals surface area contributed by atoms with E-state index < -0.39 is 0 Å². The molecule has 0 saturated heterocycles. The van der Waals surface area contributed by atoms with Gasteiger partial charge >= 0.3 is 0 Å². The molecule has 1 unspecified atom stereocenters. The van der Waals surface area contributed by atoms with Gasteiger partial charge in [-0.3, -0.25) is 0 Å². The van der Waals surface area contributed by atoms with E-state index in [0.29, 0.717) is 0 Å². The molecule has 1 atom stereocenters. The number of hydrogen-bond acceptors (Lipinski definition) is 0. The molecule has 0 radical (unpaired) electrons. The van der Waals surface area contributed by atoms with Crippen molar-refractivity contribution >= 4 is 6.08 Å². The van der Waals surface area contributed by atoms with Crippen LogP contribution in [0.2, 0.25) is 0 Å². The largest absolute Gasteiger partial charge is 0.412 e. The third kappa shape index (κ3) is 4.36. The monoisotopic (exact) mass is 322 g/mol. The van der Waals surface area contributed by atoms with E-state index in [4.69, 9.17) is 0 Å². The molecular formula is C23H30O. The maximum Gasteiger partial charge on any atom is -0.00881 e. The molecule has 0 fully saturated rings. The summed E-state index contributed by atoms with van der Waals surface area (Å²) in [6.07, 6.45) is 12.6. The molecule has 0 amide bonds. The van der Waals surface area contributed by atoms with Crippen LogP contribution in [0.25, 0.3) is 6.08 Å². The van der Waals surface area contributed by atoms with Gasteiger partial charge in [0.1, 0.15) is 0 Å². The van der Waals surface area contributed by atoms with Crippen molar-refractivity contribution in [2.45, 2.75) is 52.4 Å². The van der Waals surface area contributed by atoms with Gasteiger partial charge in [-0.2, -0.15) is 0 Å². The molecule has 4 rings (SSSR count). The van der Waals surface area contributed by atoms with Crippen molar-refractivity contribution in [2.24, 2.45) is 5.92 Å². The maximum atomic E-state index is 2.39. The third-order valence-corrected chi connectivity index (χ3v) is 5.24. The molecule has 2 aliphatic carbocycles. The standard InChI is InChI=1S/C16H20.C7H8.H2O/c1-2-12-5-3-6-14-10-9-13-7-4-8-15(13)16(14)11-12;1-7-5-3-2-4-6-7;/h4,8-10,12H,2-3,5-7,11H2,1H3;2-6H,1H3;1H2. The molecule has 1 nitrogen and oxygen atoms in total. The molecule has 0 spiro atoms. The van der Waals surface area contributed by atoms with E-state index in [1.54, 1.807) is 22.3 Å². The summed E-state index contributed by atoms with van der Waals surface area (Å²) >= 11 is 0. The molecule has 0 saturated carbocycles. The van der Waals surface area contributed by atoms with Crippen LogP contribution in [0.15, 0.2) is 48.5 Å². The maximum absolute atomic E-state index is 2.39. The van der Waals surface area contributed by atoms with Crippen LogP contribution < -0.4 is 0 Å². The Kier molecular flexibility index (Phi) is 6.81. The molecule has 2 aliphatic rings. The first-order valence-corrected chi connectivity index (χ1v) is 9.09. The fraction of sp³-hybridized carbons (Fsp3) is 0.391. The molecular weight excluding hydrogens is 292 g/mol. The van der Waals surface area contributed by atoms with Crippen LogP contribution in [0.5, 0.6) is 0 Å². The van der Waals surface area contributed by atoms with Gasteiger partial charge in [0.2, 0.25) is 0 Å². The molecule has 0 heterocycles. The quantitative estimate of drug-likeness (QED) is 0.635. The Bertz CT molecular complexity index is 670. The van der Waals surface area contributed by atoms with Crippen LogP contribution in [0.3, 0.4) is 0 Å². The van der Waals surface area contributed by atoms with Gasteiger partial charge in [-0.05, 0) is 67.2 Å². The molecule has 1 heteroatoms. The van der Waals surface area contributed by atoms with Crippen LogP contribution in [-0.4, -0.2) is 5.48 Å². The van der Waals surface area contributed by atoms with Crippen molar-refractivity contribution in [3.8, 4) is 0 Å². The molecule has 2 aromatic rings. The summed E-state index contributed by atoms with van der Waals surface area (Å²) in [7, 11) is 0. The van der Waals surface area contributed by atoms with Gasteiger partial charge in [0.05, 0.1) is 0 Å². The van der Waals surface area contributed by atoms with Crippen LogP contribution in [-0.2, 0) is 19.3 Å². The van der Waals surface area contributed by atoms with E-state index >= 15 is 0 Å². The highest BCUT2D eigenvalue weighted by Crippen LogP contribution is 2.33. The Morgan fingerprint density at radius 1 is 1.00 bits per heavy atom. The van der Waals surface area contributed by atoms with Gasteiger partial charge in [-0.1, -0.05) is 73.5 Å². The van der Waals surface area contributed by atoms with Gasteiger partial charge in [-0.15, -0.1) is 0 Å². The summed E-state index contributed by atoms with van der Waals surface area (Å²) in [6.45, 7) is 4.43. The molecule has 2 N–H and O–H groups in total. The average molecular weight is 322 g/mol. The first-order chi connectivity index (χ1) is 11.3. The molecule has 2 aromatic carbocycles. The Morgan fingerprint density at radius 2 is 1.75 bits per heavy atom. The molecule has 0 aliphatic heterocycles. The summed E-state index contributed by atoms with van der Waals surface area (Å²) < 4.78 is 0. The van der Waals surface area contributed by atoms with Crippen molar-refractivity contribution in [1.29, 1.82) is 0 Å². The highest BCUT2D eigenvalue weighted by molar-refractivity contribution is 5.65. The Labute approximate surface area is 146 Å². The predicted molar refractivity (Wildman–Crippen MR) is 104 cm³/mol. The molecule has 0 bridgehead atoms. The third-order valence-electron chi connectivity index (χ3n) is 5.24. The van der Waals surface area contributed by atoms with Gasteiger partial charge in [-0.25, -0.2) is 0 Å². The van der Waals surface area contributed by atoms with E-state index in [9.17, 15) is 0 Å². The lowest BCUT2D eigenvalue weighted by atomic mass is 9.90. The zero-order chi connectivity index (χ0) is 16.1. The number of hydrogen-bond donors (Lipinski definition) is 0. The number of aryl methyl sites for hydroxylation is 2. The smallest absolute Gasteiger partial charge is 0.00881 e. The van der Waals surface area contributed by atoms with Gasteiger partial charge in [0, 0.05) is 0 Å². The summed E-state index contributed by atoms with van der Waals surface area (Å²) in [5.74, 6) is 0.918. The van der Waals surface area contributed by atoms with Crippen LogP contribution >= 0.6 is 0 Å². The molecule has 0 aromatic heterocycles. The number of allylic oxidation sites excluding steroid dienone is 1. The minimum atomic E-state index is 0. The van der Waals surface area contributed by atoms with Crippen molar-refractivity contribution < 1.29 is 5.48 Å². The highest BCUT2D eigenvalue weighted by atomic mass is 16.0. The normalized spacial score (nSPS) is 17.7. The van der Waals surface area contributed by atoms with Crippen LogP contribution in [0, 0.1) is 12.8 Å². The number of fused-ring (bicyclic) bond motifs is 3. The minimum Gasteiger partial charge on any atom is -0.412 e. The van der Waals surface area contributed by atoms with Crippen molar-refractivity contribution in [3.05, 3.63) is 76.4 Å². The lowest BCUT2D eigenvalue weighted by Crippen LogP contribution is -2.04. The zero-order valence-electron chi connectivity index (χ0n) is 15.0. The second kappa shape index (κ2) is 8.84. The fourth-order valence-electron chi connectivity index (χ4n) is 3.78. The van der Waals surface area contributed by atoms with Crippen molar-refractivity contribution in [2.75, 3.05) is 0 Å². The second-order valence-corrected chi connectivity index (χ2v) is 6.91.